The van der Waals surface area contributed by atoms with Crippen LogP contribution in [0.4, 0.5) is 4.79 Å². The highest BCUT2D eigenvalue weighted by molar-refractivity contribution is 5.93. The highest BCUT2D eigenvalue weighted by Crippen LogP contribution is 2.21. The minimum absolute atomic E-state index is 0.0585. The first-order valence-electron chi connectivity index (χ1n) is 13.2. The summed E-state index contributed by atoms with van der Waals surface area (Å²) in [5.74, 6) is -2.47. The third-order valence-corrected chi connectivity index (χ3v) is 5.79. The number of carbonyl (C=O) groups excluding carboxylic acids is 5. The minimum atomic E-state index is -1.15. The molecule has 11 nitrogen and oxygen atoms in total. The number of carbonyl (C=O) groups is 5. The first kappa shape index (κ1) is 31.6. The molecule has 4 N–H and O–H groups in total. The van der Waals surface area contributed by atoms with E-state index in [1.807, 2.05) is 30.3 Å². The zero-order chi connectivity index (χ0) is 29.4. The standard InChI is InChI=1S/C28H42N4O7/c1-27(2,3)38-25(36)19(14-15-22(29)33)30-23(34)20(17-18-11-8-7-9-12-18)31-24(35)21-13-10-16-32(21)26(37)39-28(4,5)6/h7-9,11-12,19-21H,10,13-17H2,1-6H3,(H2,29,33)(H,30,34)(H,31,35)/t19-,20-,21+/m0/s1. The van der Waals surface area contributed by atoms with Gasteiger partial charge >= 0.3 is 12.1 Å². The lowest BCUT2D eigenvalue weighted by atomic mass is 10.0. The number of rotatable bonds is 10. The Morgan fingerprint density at radius 1 is 0.949 bits per heavy atom. The van der Waals surface area contributed by atoms with E-state index in [-0.39, 0.29) is 19.3 Å². The van der Waals surface area contributed by atoms with Crippen molar-refractivity contribution in [1.29, 1.82) is 0 Å². The van der Waals surface area contributed by atoms with Gasteiger partial charge in [0.2, 0.25) is 17.7 Å². The fourth-order valence-corrected chi connectivity index (χ4v) is 4.09. The lowest BCUT2D eigenvalue weighted by Crippen LogP contribution is -2.56. The van der Waals surface area contributed by atoms with Crippen LogP contribution in [0.15, 0.2) is 30.3 Å². The van der Waals surface area contributed by atoms with E-state index < -0.39 is 59.1 Å². The Kier molecular flexibility index (Phi) is 10.9. The molecular formula is C28H42N4O7. The van der Waals surface area contributed by atoms with Gasteiger partial charge in [0.25, 0.3) is 0 Å². The predicted molar refractivity (Wildman–Crippen MR) is 144 cm³/mol. The monoisotopic (exact) mass is 546 g/mol. The van der Waals surface area contributed by atoms with E-state index in [2.05, 4.69) is 10.6 Å². The average Bonchev–Trinajstić information content (AvgIpc) is 3.30. The van der Waals surface area contributed by atoms with Gasteiger partial charge in [0.15, 0.2) is 0 Å². The Morgan fingerprint density at radius 2 is 1.56 bits per heavy atom. The molecule has 216 valence electrons. The zero-order valence-corrected chi connectivity index (χ0v) is 23.7. The predicted octanol–water partition coefficient (Wildman–Crippen LogP) is 2.21. The number of nitrogens with zero attached hydrogens (tertiary/aromatic N) is 1. The summed E-state index contributed by atoms with van der Waals surface area (Å²) in [6.07, 6.45) is 0.365. The van der Waals surface area contributed by atoms with Gasteiger partial charge in [0.1, 0.15) is 29.3 Å². The molecule has 0 aromatic heterocycles. The maximum atomic E-state index is 13.5. The molecule has 1 saturated heterocycles. The van der Waals surface area contributed by atoms with Gasteiger partial charge in [-0.15, -0.1) is 0 Å². The molecule has 0 bridgehead atoms. The fraction of sp³-hybridized carbons (Fsp3) is 0.607. The van der Waals surface area contributed by atoms with Crippen molar-refractivity contribution in [3.8, 4) is 0 Å². The molecule has 0 spiro atoms. The second-order valence-corrected chi connectivity index (χ2v) is 11.7. The Bertz CT molecular complexity index is 1030. The number of primary amides is 1. The molecule has 39 heavy (non-hydrogen) atoms. The van der Waals surface area contributed by atoms with Gasteiger partial charge in [-0.3, -0.25) is 19.3 Å². The minimum Gasteiger partial charge on any atom is -0.458 e. The van der Waals surface area contributed by atoms with E-state index in [4.69, 9.17) is 15.2 Å². The van der Waals surface area contributed by atoms with Crippen LogP contribution >= 0.6 is 0 Å². The Hall–Kier alpha value is -3.63. The van der Waals surface area contributed by atoms with Gasteiger partial charge in [0, 0.05) is 19.4 Å². The van der Waals surface area contributed by atoms with Crippen LogP contribution < -0.4 is 16.4 Å². The van der Waals surface area contributed by atoms with Crippen molar-refractivity contribution in [3.63, 3.8) is 0 Å². The normalized spacial score (nSPS) is 17.1. The molecule has 0 aliphatic carbocycles. The summed E-state index contributed by atoms with van der Waals surface area (Å²) < 4.78 is 10.9. The van der Waals surface area contributed by atoms with Crippen LogP contribution in [0.2, 0.25) is 0 Å². The van der Waals surface area contributed by atoms with Gasteiger partial charge in [-0.05, 0) is 66.4 Å². The Balaban J connectivity index is 2.25. The number of nitrogens with one attached hydrogen (secondary N) is 2. The van der Waals surface area contributed by atoms with Crippen LogP contribution in [-0.2, 0) is 35.1 Å². The molecule has 2 rings (SSSR count). The first-order valence-corrected chi connectivity index (χ1v) is 13.2. The SMILES string of the molecule is CC(C)(C)OC(=O)[C@H](CCC(N)=O)NC(=O)[C@H](Cc1ccccc1)NC(=O)[C@H]1CCCN1C(=O)OC(C)(C)C. The molecule has 1 aromatic carbocycles. The Morgan fingerprint density at radius 3 is 2.13 bits per heavy atom. The second kappa shape index (κ2) is 13.4. The largest absolute Gasteiger partial charge is 0.458 e. The molecule has 1 fully saturated rings. The topological polar surface area (TPSA) is 157 Å². The van der Waals surface area contributed by atoms with Gasteiger partial charge in [-0.25, -0.2) is 9.59 Å². The molecule has 1 aliphatic rings. The highest BCUT2D eigenvalue weighted by Gasteiger charge is 2.38. The van der Waals surface area contributed by atoms with E-state index in [1.54, 1.807) is 41.5 Å². The lowest BCUT2D eigenvalue weighted by Gasteiger charge is -2.29. The van der Waals surface area contributed by atoms with Crippen molar-refractivity contribution >= 4 is 29.8 Å². The number of esters is 1. The van der Waals surface area contributed by atoms with Gasteiger partial charge < -0.3 is 25.8 Å². The van der Waals surface area contributed by atoms with Crippen LogP contribution in [0.1, 0.15) is 72.8 Å². The van der Waals surface area contributed by atoms with Gasteiger partial charge in [-0.2, -0.15) is 0 Å². The molecule has 1 heterocycles. The molecule has 11 heteroatoms. The number of likely N-dealkylation sites (tertiary alicyclic amines) is 1. The summed E-state index contributed by atoms with van der Waals surface area (Å²) in [6.45, 7) is 10.7. The number of hydrogen-bond acceptors (Lipinski definition) is 7. The molecule has 1 aliphatic heterocycles. The molecule has 0 saturated carbocycles. The van der Waals surface area contributed by atoms with Crippen molar-refractivity contribution in [2.75, 3.05) is 6.54 Å². The maximum absolute atomic E-state index is 13.5. The third kappa shape index (κ3) is 10.9. The molecule has 3 atom stereocenters. The number of hydrogen-bond donors (Lipinski definition) is 3. The average molecular weight is 547 g/mol. The van der Waals surface area contributed by atoms with Crippen molar-refractivity contribution < 1.29 is 33.4 Å². The van der Waals surface area contributed by atoms with E-state index in [1.165, 1.54) is 4.90 Å². The molecular weight excluding hydrogens is 504 g/mol. The van der Waals surface area contributed by atoms with Crippen LogP contribution in [0.3, 0.4) is 0 Å². The van der Waals surface area contributed by atoms with Crippen molar-refractivity contribution in [2.45, 2.75) is 103 Å². The van der Waals surface area contributed by atoms with Crippen molar-refractivity contribution in [2.24, 2.45) is 5.73 Å². The second-order valence-electron chi connectivity index (χ2n) is 11.7. The van der Waals surface area contributed by atoms with Gasteiger partial charge in [0.05, 0.1) is 0 Å². The summed E-state index contributed by atoms with van der Waals surface area (Å²) in [6, 6.07) is 6.05. The van der Waals surface area contributed by atoms with Crippen molar-refractivity contribution in [1.82, 2.24) is 15.5 Å². The van der Waals surface area contributed by atoms with Gasteiger partial charge in [-0.1, -0.05) is 30.3 Å². The van der Waals surface area contributed by atoms with Crippen LogP contribution in [0.25, 0.3) is 0 Å². The van der Waals surface area contributed by atoms with Crippen molar-refractivity contribution in [3.05, 3.63) is 35.9 Å². The van der Waals surface area contributed by atoms with Crippen LogP contribution in [0.5, 0.6) is 0 Å². The summed E-state index contributed by atoms with van der Waals surface area (Å²) >= 11 is 0. The molecule has 1 aromatic rings. The van der Waals surface area contributed by atoms with Crippen LogP contribution in [-0.4, -0.2) is 70.6 Å². The van der Waals surface area contributed by atoms with Crippen LogP contribution in [0, 0.1) is 0 Å². The van der Waals surface area contributed by atoms with E-state index in [0.29, 0.717) is 19.4 Å². The smallest absolute Gasteiger partial charge is 0.410 e. The number of nitrogens with two attached hydrogens (primary N) is 1. The quantitative estimate of drug-likeness (QED) is 0.380. The first-order chi connectivity index (χ1) is 18.1. The Labute approximate surface area is 230 Å². The molecule has 0 unspecified atom stereocenters. The van der Waals surface area contributed by atoms with E-state index >= 15 is 0 Å². The zero-order valence-electron chi connectivity index (χ0n) is 23.7. The number of benzene rings is 1. The summed E-state index contributed by atoms with van der Waals surface area (Å²) in [7, 11) is 0. The molecule has 0 radical (unpaired) electrons. The summed E-state index contributed by atoms with van der Waals surface area (Å²) in [5.41, 5.74) is 4.50. The number of amides is 4. The number of ether oxygens (including phenoxy) is 2. The lowest BCUT2D eigenvalue weighted by molar-refractivity contribution is -0.159. The third-order valence-electron chi connectivity index (χ3n) is 5.79. The fourth-order valence-electron chi connectivity index (χ4n) is 4.09. The highest BCUT2D eigenvalue weighted by atomic mass is 16.6. The van der Waals surface area contributed by atoms with E-state index in [9.17, 15) is 24.0 Å². The summed E-state index contributed by atoms with van der Waals surface area (Å²) in [5, 5.41) is 5.40. The molecule has 4 amide bonds. The maximum Gasteiger partial charge on any atom is 0.410 e. The summed E-state index contributed by atoms with van der Waals surface area (Å²) in [4.78, 5) is 65.1. The van der Waals surface area contributed by atoms with E-state index in [0.717, 1.165) is 5.56 Å².